The largest absolute Gasteiger partial charge is 0.511 e. The van der Waals surface area contributed by atoms with Crippen molar-refractivity contribution in [2.45, 2.75) is 31.7 Å². The van der Waals surface area contributed by atoms with Crippen molar-refractivity contribution < 1.29 is 26.0 Å². The minimum Gasteiger partial charge on any atom is -0.357 e. The highest BCUT2D eigenvalue weighted by atomic mass is 32.2. The number of hydrogen-bond acceptors (Lipinski definition) is 3. The molecule has 2 N–H and O–H groups in total. The lowest BCUT2D eigenvalue weighted by Gasteiger charge is -2.30. The van der Waals surface area contributed by atoms with Gasteiger partial charge in [-0.25, -0.2) is 12.8 Å². The van der Waals surface area contributed by atoms with Crippen molar-refractivity contribution in [1.82, 2.24) is 14.9 Å². The van der Waals surface area contributed by atoms with Gasteiger partial charge in [0.15, 0.2) is 5.96 Å². The van der Waals surface area contributed by atoms with Gasteiger partial charge >= 0.3 is 15.5 Å². The Hall–Kier alpha value is -1.88. The summed E-state index contributed by atoms with van der Waals surface area (Å²) in [6.07, 6.45) is 1.25. The Morgan fingerprint density at radius 1 is 1.24 bits per heavy atom. The molecule has 2 rings (SSSR count). The number of halogens is 4. The molecular formula is C18H26F4N4O2S. The lowest BCUT2D eigenvalue weighted by Crippen LogP contribution is -2.45. The number of piperidine rings is 1. The van der Waals surface area contributed by atoms with Gasteiger partial charge in [-0.3, -0.25) is 4.99 Å². The van der Waals surface area contributed by atoms with E-state index in [-0.39, 0.29) is 24.8 Å². The Morgan fingerprint density at radius 3 is 2.52 bits per heavy atom. The average molecular weight is 438 g/mol. The molecule has 1 aromatic rings. The first kappa shape index (κ1) is 23.4. The fraction of sp³-hybridized carbons (Fsp3) is 0.611. The van der Waals surface area contributed by atoms with Crippen LogP contribution in [0.3, 0.4) is 0 Å². The van der Waals surface area contributed by atoms with Crippen LogP contribution in [0.25, 0.3) is 0 Å². The standard InChI is InChI=1S/C18H26F4N4O2S/c1-2-23-17(24-9-6-14-4-3-5-16(19)12-14)25-13-15-7-10-26(11-8-15)29(27,28)18(20,21)22/h3-5,12,15H,2,6-11,13H2,1H3,(H2,23,24,25). The lowest BCUT2D eigenvalue weighted by atomic mass is 9.98. The van der Waals surface area contributed by atoms with Gasteiger partial charge in [-0.15, -0.1) is 0 Å². The first-order valence-corrected chi connectivity index (χ1v) is 10.9. The molecule has 0 atom stereocenters. The fourth-order valence-corrected chi connectivity index (χ4v) is 4.04. The van der Waals surface area contributed by atoms with Gasteiger partial charge in [-0.1, -0.05) is 12.1 Å². The third-order valence-electron chi connectivity index (χ3n) is 4.65. The highest BCUT2D eigenvalue weighted by Gasteiger charge is 2.50. The van der Waals surface area contributed by atoms with Crippen LogP contribution >= 0.6 is 0 Å². The number of hydrogen-bond donors (Lipinski definition) is 2. The summed E-state index contributed by atoms with van der Waals surface area (Å²) < 4.78 is 74.5. The van der Waals surface area contributed by atoms with E-state index in [0.717, 1.165) is 5.56 Å². The molecule has 0 aromatic heterocycles. The van der Waals surface area contributed by atoms with Gasteiger partial charge in [0, 0.05) is 32.7 Å². The number of benzene rings is 1. The molecule has 0 unspecified atom stereocenters. The van der Waals surface area contributed by atoms with E-state index in [2.05, 4.69) is 15.6 Å². The summed E-state index contributed by atoms with van der Waals surface area (Å²) in [7, 11) is -5.26. The van der Waals surface area contributed by atoms with Crippen LogP contribution in [0, 0.1) is 11.7 Å². The first-order chi connectivity index (χ1) is 13.6. The van der Waals surface area contributed by atoms with Crippen molar-refractivity contribution in [1.29, 1.82) is 0 Å². The molecule has 0 spiro atoms. The number of aliphatic imine (C=N–C) groups is 1. The minimum atomic E-state index is -5.26. The Morgan fingerprint density at radius 2 is 1.93 bits per heavy atom. The van der Waals surface area contributed by atoms with Gasteiger partial charge in [0.25, 0.3) is 0 Å². The van der Waals surface area contributed by atoms with Crippen molar-refractivity contribution >= 4 is 16.0 Å². The summed E-state index contributed by atoms with van der Waals surface area (Å²) in [5.74, 6) is 0.282. The van der Waals surface area contributed by atoms with E-state index in [4.69, 9.17) is 0 Å². The topological polar surface area (TPSA) is 73.8 Å². The lowest BCUT2D eigenvalue weighted by molar-refractivity contribution is -0.0496. The second kappa shape index (κ2) is 10.2. The zero-order valence-corrected chi connectivity index (χ0v) is 17.0. The van der Waals surface area contributed by atoms with E-state index in [0.29, 0.717) is 49.2 Å². The molecule has 0 aliphatic carbocycles. The molecule has 0 radical (unpaired) electrons. The molecule has 164 valence electrons. The number of alkyl halides is 3. The van der Waals surface area contributed by atoms with Crippen LogP contribution in [0.2, 0.25) is 0 Å². The Labute approximate surface area is 168 Å². The predicted octanol–water partition coefficient (Wildman–Crippen LogP) is 2.48. The normalized spacial score (nSPS) is 17.3. The maximum atomic E-state index is 13.2. The van der Waals surface area contributed by atoms with Gasteiger partial charge in [0.1, 0.15) is 5.82 Å². The van der Waals surface area contributed by atoms with Crippen molar-refractivity contribution in [3.63, 3.8) is 0 Å². The summed E-state index contributed by atoms with van der Waals surface area (Å²) >= 11 is 0. The van der Waals surface area contributed by atoms with E-state index in [1.165, 1.54) is 12.1 Å². The molecule has 1 aliphatic rings. The molecule has 11 heteroatoms. The van der Waals surface area contributed by atoms with Crippen LogP contribution in [0.1, 0.15) is 25.3 Å². The van der Waals surface area contributed by atoms with Crippen LogP contribution in [0.4, 0.5) is 17.6 Å². The smallest absolute Gasteiger partial charge is 0.357 e. The molecule has 1 heterocycles. The molecule has 1 aromatic carbocycles. The predicted molar refractivity (Wildman–Crippen MR) is 103 cm³/mol. The van der Waals surface area contributed by atoms with Crippen LogP contribution in [0.15, 0.2) is 29.3 Å². The van der Waals surface area contributed by atoms with Crippen LogP contribution in [0.5, 0.6) is 0 Å². The molecule has 0 saturated carbocycles. The number of nitrogens with zero attached hydrogens (tertiary/aromatic N) is 2. The van der Waals surface area contributed by atoms with E-state index >= 15 is 0 Å². The summed E-state index contributed by atoms with van der Waals surface area (Å²) in [6, 6.07) is 6.33. The molecule has 1 fully saturated rings. The summed E-state index contributed by atoms with van der Waals surface area (Å²) in [5.41, 5.74) is -4.41. The van der Waals surface area contributed by atoms with Crippen LogP contribution < -0.4 is 10.6 Å². The highest BCUT2D eigenvalue weighted by molar-refractivity contribution is 7.90. The maximum Gasteiger partial charge on any atom is 0.511 e. The Kier molecular flexibility index (Phi) is 8.26. The number of rotatable bonds is 7. The van der Waals surface area contributed by atoms with Crippen LogP contribution in [-0.2, 0) is 16.4 Å². The average Bonchev–Trinajstić information content (AvgIpc) is 2.65. The second-order valence-corrected chi connectivity index (χ2v) is 8.75. The van der Waals surface area contributed by atoms with Gasteiger partial charge in [-0.05, 0) is 49.8 Å². The minimum absolute atomic E-state index is 0.00774. The molecule has 1 saturated heterocycles. The Bertz CT molecular complexity index is 791. The molecule has 29 heavy (non-hydrogen) atoms. The number of sulfonamides is 1. The molecule has 0 amide bonds. The second-order valence-electron chi connectivity index (χ2n) is 6.82. The third kappa shape index (κ3) is 6.84. The fourth-order valence-electron chi connectivity index (χ4n) is 3.06. The first-order valence-electron chi connectivity index (χ1n) is 9.46. The van der Waals surface area contributed by atoms with Crippen molar-refractivity contribution in [2.75, 3.05) is 32.7 Å². The van der Waals surface area contributed by atoms with E-state index < -0.39 is 15.5 Å². The van der Waals surface area contributed by atoms with Gasteiger partial charge < -0.3 is 10.6 Å². The Balaban J connectivity index is 1.83. The third-order valence-corrected chi connectivity index (χ3v) is 6.28. The molecule has 6 nitrogen and oxygen atoms in total. The number of nitrogens with one attached hydrogen (secondary N) is 2. The molecular weight excluding hydrogens is 412 g/mol. The van der Waals surface area contributed by atoms with Crippen LogP contribution in [-0.4, -0.2) is 56.9 Å². The summed E-state index contributed by atoms with van der Waals surface area (Å²) in [5, 5.41) is 6.23. The SMILES string of the molecule is CCNC(=NCC1CCN(S(=O)(=O)C(F)(F)F)CC1)NCCc1cccc(F)c1. The zero-order valence-electron chi connectivity index (χ0n) is 16.2. The van der Waals surface area contributed by atoms with Crippen molar-refractivity contribution in [2.24, 2.45) is 10.9 Å². The highest BCUT2D eigenvalue weighted by Crippen LogP contribution is 2.30. The molecule has 0 bridgehead atoms. The van der Waals surface area contributed by atoms with E-state index in [1.807, 2.05) is 13.0 Å². The quantitative estimate of drug-likeness (QED) is 0.390. The zero-order chi connectivity index (χ0) is 21.5. The summed E-state index contributed by atoms with van der Waals surface area (Å²) in [6.45, 7) is 3.14. The van der Waals surface area contributed by atoms with Gasteiger partial charge in [0.2, 0.25) is 0 Å². The van der Waals surface area contributed by atoms with E-state index in [1.54, 1.807) is 6.07 Å². The van der Waals surface area contributed by atoms with Gasteiger partial charge in [-0.2, -0.15) is 17.5 Å². The van der Waals surface area contributed by atoms with Crippen molar-refractivity contribution in [3.05, 3.63) is 35.6 Å². The maximum absolute atomic E-state index is 13.2. The summed E-state index contributed by atoms with van der Waals surface area (Å²) in [4.78, 5) is 4.45. The number of guanidine groups is 1. The van der Waals surface area contributed by atoms with Crippen molar-refractivity contribution in [3.8, 4) is 0 Å². The molecule has 1 aliphatic heterocycles. The monoisotopic (exact) mass is 438 g/mol. The van der Waals surface area contributed by atoms with E-state index in [9.17, 15) is 26.0 Å². The van der Waals surface area contributed by atoms with Gasteiger partial charge in [0.05, 0.1) is 0 Å².